The first-order chi connectivity index (χ1) is 7.74. The summed E-state index contributed by atoms with van der Waals surface area (Å²) >= 11 is 0. The lowest BCUT2D eigenvalue weighted by molar-refractivity contribution is 0.189. The van der Waals surface area contributed by atoms with Gasteiger partial charge in [0.1, 0.15) is 11.9 Å². The van der Waals surface area contributed by atoms with Crippen molar-refractivity contribution < 1.29 is 4.74 Å². The standard InChI is InChI=1S/C13H20N2O/c1-3-7-15-9-11(4-2)16-13-8-10(14)5-6-12(13)15/h5-6,8,11H,3-4,7,9,14H2,1-2H3. The van der Waals surface area contributed by atoms with Gasteiger partial charge in [-0.05, 0) is 25.0 Å². The number of nitrogens with zero attached hydrogens (tertiary/aromatic N) is 1. The van der Waals surface area contributed by atoms with E-state index in [0.717, 1.165) is 37.4 Å². The zero-order valence-electron chi connectivity index (χ0n) is 10.1. The number of ether oxygens (including phenoxy) is 1. The molecule has 0 aliphatic carbocycles. The van der Waals surface area contributed by atoms with Crippen molar-refractivity contribution in [3.8, 4) is 5.75 Å². The second-order valence-electron chi connectivity index (χ2n) is 4.32. The van der Waals surface area contributed by atoms with E-state index in [1.165, 1.54) is 5.69 Å². The summed E-state index contributed by atoms with van der Waals surface area (Å²) in [5.41, 5.74) is 7.74. The number of hydrogen-bond donors (Lipinski definition) is 1. The van der Waals surface area contributed by atoms with Crippen molar-refractivity contribution in [2.24, 2.45) is 0 Å². The minimum absolute atomic E-state index is 0.292. The van der Waals surface area contributed by atoms with E-state index in [-0.39, 0.29) is 0 Å². The third kappa shape index (κ3) is 2.08. The first-order valence-corrected chi connectivity index (χ1v) is 6.05. The van der Waals surface area contributed by atoms with Crippen LogP contribution in [0.4, 0.5) is 11.4 Å². The topological polar surface area (TPSA) is 38.5 Å². The van der Waals surface area contributed by atoms with Crippen molar-refractivity contribution in [2.75, 3.05) is 23.7 Å². The predicted molar refractivity (Wildman–Crippen MR) is 68.1 cm³/mol. The van der Waals surface area contributed by atoms with E-state index in [1.807, 2.05) is 12.1 Å². The van der Waals surface area contributed by atoms with Crippen LogP contribution in [0.5, 0.6) is 5.75 Å². The summed E-state index contributed by atoms with van der Waals surface area (Å²) in [6.45, 7) is 6.43. The van der Waals surface area contributed by atoms with E-state index >= 15 is 0 Å². The van der Waals surface area contributed by atoms with E-state index in [4.69, 9.17) is 10.5 Å². The smallest absolute Gasteiger partial charge is 0.145 e. The molecule has 2 rings (SSSR count). The van der Waals surface area contributed by atoms with E-state index in [1.54, 1.807) is 0 Å². The summed E-state index contributed by atoms with van der Waals surface area (Å²) in [6, 6.07) is 5.93. The van der Waals surface area contributed by atoms with E-state index in [0.29, 0.717) is 6.10 Å². The number of rotatable bonds is 3. The lowest BCUT2D eigenvalue weighted by atomic mass is 10.1. The summed E-state index contributed by atoms with van der Waals surface area (Å²) in [5, 5.41) is 0. The summed E-state index contributed by atoms with van der Waals surface area (Å²) < 4.78 is 5.92. The lowest BCUT2D eigenvalue weighted by Crippen LogP contribution is -2.40. The fourth-order valence-electron chi connectivity index (χ4n) is 2.14. The van der Waals surface area contributed by atoms with Crippen molar-refractivity contribution in [3.63, 3.8) is 0 Å². The van der Waals surface area contributed by atoms with Gasteiger partial charge in [-0.1, -0.05) is 13.8 Å². The molecule has 0 spiro atoms. The first kappa shape index (κ1) is 11.1. The highest BCUT2D eigenvalue weighted by Gasteiger charge is 2.23. The maximum Gasteiger partial charge on any atom is 0.145 e. The van der Waals surface area contributed by atoms with E-state index in [2.05, 4.69) is 24.8 Å². The average Bonchev–Trinajstić information content (AvgIpc) is 2.28. The molecular weight excluding hydrogens is 200 g/mol. The van der Waals surface area contributed by atoms with Crippen molar-refractivity contribution in [2.45, 2.75) is 32.8 Å². The summed E-state index contributed by atoms with van der Waals surface area (Å²) in [6.07, 6.45) is 2.48. The Bertz CT molecular complexity index is 365. The van der Waals surface area contributed by atoms with Gasteiger partial charge in [0, 0.05) is 18.3 Å². The quantitative estimate of drug-likeness (QED) is 0.796. The van der Waals surface area contributed by atoms with Gasteiger partial charge in [0.2, 0.25) is 0 Å². The molecular formula is C13H20N2O. The van der Waals surface area contributed by atoms with Gasteiger partial charge in [0.05, 0.1) is 12.2 Å². The van der Waals surface area contributed by atoms with Crippen LogP contribution in [0.25, 0.3) is 0 Å². The highest BCUT2D eigenvalue weighted by molar-refractivity contribution is 5.65. The van der Waals surface area contributed by atoms with Crippen LogP contribution in [-0.2, 0) is 0 Å². The SMILES string of the molecule is CCCN1CC(CC)Oc2cc(N)ccc21. The molecule has 1 aliphatic rings. The minimum Gasteiger partial charge on any atom is -0.486 e. The Morgan fingerprint density at radius 1 is 1.44 bits per heavy atom. The highest BCUT2D eigenvalue weighted by Crippen LogP contribution is 2.35. The minimum atomic E-state index is 0.292. The van der Waals surface area contributed by atoms with Crippen LogP contribution in [-0.4, -0.2) is 19.2 Å². The highest BCUT2D eigenvalue weighted by atomic mass is 16.5. The summed E-state index contributed by atoms with van der Waals surface area (Å²) in [5.74, 6) is 0.937. The number of nitrogen functional groups attached to an aromatic ring is 1. The molecule has 0 radical (unpaired) electrons. The molecule has 3 heteroatoms. The van der Waals surface area contributed by atoms with Gasteiger partial charge >= 0.3 is 0 Å². The van der Waals surface area contributed by atoms with Gasteiger partial charge in [-0.25, -0.2) is 0 Å². The van der Waals surface area contributed by atoms with Gasteiger partial charge in [-0.2, -0.15) is 0 Å². The molecule has 1 heterocycles. The van der Waals surface area contributed by atoms with Crippen LogP contribution in [0, 0.1) is 0 Å². The molecule has 1 atom stereocenters. The molecule has 3 nitrogen and oxygen atoms in total. The van der Waals surface area contributed by atoms with Crippen LogP contribution in [0.2, 0.25) is 0 Å². The Hall–Kier alpha value is -1.38. The Kier molecular flexibility index (Phi) is 3.22. The van der Waals surface area contributed by atoms with Gasteiger partial charge < -0.3 is 15.4 Å². The van der Waals surface area contributed by atoms with Crippen LogP contribution >= 0.6 is 0 Å². The fraction of sp³-hybridized carbons (Fsp3) is 0.538. The second kappa shape index (κ2) is 4.64. The largest absolute Gasteiger partial charge is 0.486 e. The summed E-state index contributed by atoms with van der Waals surface area (Å²) in [4.78, 5) is 2.40. The molecule has 0 saturated carbocycles. The first-order valence-electron chi connectivity index (χ1n) is 6.05. The Morgan fingerprint density at radius 2 is 2.25 bits per heavy atom. The van der Waals surface area contributed by atoms with Gasteiger partial charge in [0.15, 0.2) is 0 Å². The lowest BCUT2D eigenvalue weighted by Gasteiger charge is -2.36. The predicted octanol–water partition coefficient (Wildman–Crippen LogP) is 2.66. The number of hydrogen-bond acceptors (Lipinski definition) is 3. The molecule has 0 fully saturated rings. The number of fused-ring (bicyclic) bond motifs is 1. The Labute approximate surface area is 97.2 Å². The number of nitrogens with two attached hydrogens (primary N) is 1. The average molecular weight is 220 g/mol. The zero-order chi connectivity index (χ0) is 11.5. The monoisotopic (exact) mass is 220 g/mol. The van der Waals surface area contributed by atoms with Crippen LogP contribution in [0.3, 0.4) is 0 Å². The number of benzene rings is 1. The number of anilines is 2. The van der Waals surface area contributed by atoms with Crippen molar-refractivity contribution in [1.82, 2.24) is 0 Å². The molecule has 88 valence electrons. The van der Waals surface area contributed by atoms with Crippen molar-refractivity contribution >= 4 is 11.4 Å². The van der Waals surface area contributed by atoms with Gasteiger partial charge in [-0.15, -0.1) is 0 Å². The Morgan fingerprint density at radius 3 is 2.94 bits per heavy atom. The molecule has 1 aromatic rings. The van der Waals surface area contributed by atoms with Crippen LogP contribution in [0.15, 0.2) is 18.2 Å². The molecule has 16 heavy (non-hydrogen) atoms. The van der Waals surface area contributed by atoms with Crippen molar-refractivity contribution in [3.05, 3.63) is 18.2 Å². The normalized spacial score (nSPS) is 19.1. The van der Waals surface area contributed by atoms with Crippen LogP contribution in [0.1, 0.15) is 26.7 Å². The molecule has 0 aromatic heterocycles. The van der Waals surface area contributed by atoms with Crippen LogP contribution < -0.4 is 15.4 Å². The van der Waals surface area contributed by atoms with E-state index < -0.39 is 0 Å². The molecule has 0 amide bonds. The molecule has 2 N–H and O–H groups in total. The molecule has 1 aliphatic heterocycles. The summed E-state index contributed by atoms with van der Waals surface area (Å²) in [7, 11) is 0. The third-order valence-corrected chi connectivity index (χ3v) is 2.99. The zero-order valence-corrected chi connectivity index (χ0v) is 10.1. The molecule has 0 bridgehead atoms. The van der Waals surface area contributed by atoms with Gasteiger partial charge in [0.25, 0.3) is 0 Å². The molecule has 1 aromatic carbocycles. The molecule has 1 unspecified atom stereocenters. The third-order valence-electron chi connectivity index (χ3n) is 2.99. The maximum atomic E-state index is 5.92. The van der Waals surface area contributed by atoms with Gasteiger partial charge in [-0.3, -0.25) is 0 Å². The maximum absolute atomic E-state index is 5.92. The van der Waals surface area contributed by atoms with E-state index in [9.17, 15) is 0 Å². The second-order valence-corrected chi connectivity index (χ2v) is 4.32. The Balaban J connectivity index is 2.30. The molecule has 0 saturated heterocycles. The fourth-order valence-corrected chi connectivity index (χ4v) is 2.14. The van der Waals surface area contributed by atoms with Crippen molar-refractivity contribution in [1.29, 1.82) is 0 Å².